The van der Waals surface area contributed by atoms with E-state index in [-0.39, 0.29) is 17.8 Å². The van der Waals surface area contributed by atoms with E-state index in [0.717, 1.165) is 13.1 Å². The molecule has 0 bridgehead atoms. The van der Waals surface area contributed by atoms with E-state index < -0.39 is 5.82 Å². The van der Waals surface area contributed by atoms with Crippen molar-refractivity contribution < 1.29 is 13.9 Å². The Morgan fingerprint density at radius 2 is 2.41 bits per heavy atom. The van der Waals surface area contributed by atoms with E-state index in [1.807, 2.05) is 7.05 Å². The Labute approximate surface area is 128 Å². The molecule has 1 amide bonds. The van der Waals surface area contributed by atoms with Crippen molar-refractivity contribution in [3.63, 3.8) is 0 Å². The standard InChI is InChI=1S/C15H19FN4O2/c1-18-6-7-22-11(9-18)10-19(2)15(21)14-17-8-13-12(16)4-3-5-20(13)14/h3-5,8,11H,6-7,9-10H2,1-2H3. The van der Waals surface area contributed by atoms with E-state index in [1.165, 1.54) is 16.7 Å². The first-order valence-electron chi connectivity index (χ1n) is 7.23. The molecule has 22 heavy (non-hydrogen) atoms. The minimum Gasteiger partial charge on any atom is -0.374 e. The van der Waals surface area contributed by atoms with Crippen LogP contribution in [0, 0.1) is 5.82 Å². The summed E-state index contributed by atoms with van der Waals surface area (Å²) in [5.74, 6) is -0.433. The van der Waals surface area contributed by atoms with Crippen LogP contribution in [-0.4, -0.2) is 71.5 Å². The van der Waals surface area contributed by atoms with Gasteiger partial charge in [-0.05, 0) is 19.2 Å². The van der Waals surface area contributed by atoms with Gasteiger partial charge in [-0.1, -0.05) is 0 Å². The molecule has 0 saturated carbocycles. The largest absolute Gasteiger partial charge is 0.374 e. The lowest BCUT2D eigenvalue weighted by Gasteiger charge is -2.32. The van der Waals surface area contributed by atoms with Crippen molar-refractivity contribution in [1.82, 2.24) is 19.2 Å². The Bertz CT molecular complexity index is 687. The van der Waals surface area contributed by atoms with Crippen LogP contribution >= 0.6 is 0 Å². The van der Waals surface area contributed by atoms with Crippen molar-refractivity contribution in [2.45, 2.75) is 6.10 Å². The molecule has 0 aromatic carbocycles. The average Bonchev–Trinajstić information content (AvgIpc) is 2.92. The van der Waals surface area contributed by atoms with Gasteiger partial charge in [-0.2, -0.15) is 0 Å². The first kappa shape index (κ1) is 14.9. The highest BCUT2D eigenvalue weighted by Crippen LogP contribution is 2.13. The monoisotopic (exact) mass is 306 g/mol. The molecule has 1 atom stereocenters. The number of carbonyl (C=O) groups is 1. The summed E-state index contributed by atoms with van der Waals surface area (Å²) in [5.41, 5.74) is 0.299. The second kappa shape index (κ2) is 6.02. The quantitative estimate of drug-likeness (QED) is 0.844. The highest BCUT2D eigenvalue weighted by Gasteiger charge is 2.24. The molecule has 3 rings (SSSR count). The fourth-order valence-corrected chi connectivity index (χ4v) is 2.68. The summed E-state index contributed by atoms with van der Waals surface area (Å²) in [5, 5.41) is 0. The SMILES string of the molecule is CN1CCOC(CN(C)C(=O)c2ncc3c(F)cccn23)C1. The van der Waals surface area contributed by atoms with Crippen molar-refractivity contribution in [2.75, 3.05) is 40.3 Å². The maximum Gasteiger partial charge on any atom is 0.290 e. The number of hydrogen-bond donors (Lipinski definition) is 0. The predicted octanol–water partition coefficient (Wildman–Crippen LogP) is 0.876. The first-order valence-corrected chi connectivity index (χ1v) is 7.23. The molecule has 1 fully saturated rings. The molecule has 7 heteroatoms. The van der Waals surface area contributed by atoms with Gasteiger partial charge in [-0.25, -0.2) is 9.37 Å². The van der Waals surface area contributed by atoms with Crippen LogP contribution in [0.25, 0.3) is 5.52 Å². The van der Waals surface area contributed by atoms with Crippen LogP contribution in [0.1, 0.15) is 10.6 Å². The van der Waals surface area contributed by atoms with Crippen LogP contribution in [0.3, 0.4) is 0 Å². The highest BCUT2D eigenvalue weighted by molar-refractivity contribution is 5.91. The van der Waals surface area contributed by atoms with Crippen molar-refractivity contribution in [1.29, 1.82) is 0 Å². The van der Waals surface area contributed by atoms with Crippen molar-refractivity contribution in [3.8, 4) is 0 Å². The Balaban J connectivity index is 1.76. The number of morpholine rings is 1. The van der Waals surface area contributed by atoms with Gasteiger partial charge in [0.25, 0.3) is 5.91 Å². The molecule has 0 aliphatic carbocycles. The Hall–Kier alpha value is -1.99. The van der Waals surface area contributed by atoms with Gasteiger partial charge < -0.3 is 14.5 Å². The molecule has 1 aliphatic heterocycles. The number of likely N-dealkylation sites (N-methyl/N-ethyl adjacent to an activating group) is 2. The Kier molecular flexibility index (Phi) is 4.08. The summed E-state index contributed by atoms with van der Waals surface area (Å²) in [6.45, 7) is 2.83. The van der Waals surface area contributed by atoms with E-state index in [9.17, 15) is 9.18 Å². The molecule has 0 radical (unpaired) electrons. The number of hydrogen-bond acceptors (Lipinski definition) is 4. The third kappa shape index (κ3) is 2.82. The number of pyridine rings is 1. The van der Waals surface area contributed by atoms with E-state index >= 15 is 0 Å². The van der Waals surface area contributed by atoms with Crippen LogP contribution < -0.4 is 0 Å². The Morgan fingerprint density at radius 1 is 1.59 bits per heavy atom. The minimum atomic E-state index is -0.394. The van der Waals surface area contributed by atoms with Crippen LogP contribution in [0.5, 0.6) is 0 Å². The van der Waals surface area contributed by atoms with Gasteiger partial charge in [0.15, 0.2) is 0 Å². The number of ether oxygens (including phenoxy) is 1. The predicted molar refractivity (Wildman–Crippen MR) is 79.3 cm³/mol. The second-order valence-corrected chi connectivity index (χ2v) is 5.63. The fraction of sp³-hybridized carbons (Fsp3) is 0.467. The van der Waals surface area contributed by atoms with Gasteiger partial charge in [0.05, 0.1) is 18.9 Å². The molecule has 1 saturated heterocycles. The third-order valence-corrected chi connectivity index (χ3v) is 3.88. The zero-order valence-electron chi connectivity index (χ0n) is 12.7. The number of halogens is 1. The lowest BCUT2D eigenvalue weighted by atomic mass is 10.2. The number of carbonyl (C=O) groups excluding carboxylic acids is 1. The molecule has 118 valence electrons. The summed E-state index contributed by atoms with van der Waals surface area (Å²) in [7, 11) is 3.74. The molecule has 1 aliphatic rings. The van der Waals surface area contributed by atoms with Gasteiger partial charge in [0.1, 0.15) is 11.3 Å². The topological polar surface area (TPSA) is 50.1 Å². The molecule has 3 heterocycles. The molecular formula is C15H19FN4O2. The first-order chi connectivity index (χ1) is 10.6. The van der Waals surface area contributed by atoms with Gasteiger partial charge in [0, 0.05) is 32.9 Å². The van der Waals surface area contributed by atoms with Crippen LogP contribution in [0.2, 0.25) is 0 Å². The summed E-state index contributed by atoms with van der Waals surface area (Å²) in [6.07, 6.45) is 2.99. The summed E-state index contributed by atoms with van der Waals surface area (Å²) >= 11 is 0. The molecule has 2 aromatic rings. The van der Waals surface area contributed by atoms with E-state index in [4.69, 9.17) is 4.74 Å². The zero-order valence-corrected chi connectivity index (χ0v) is 12.7. The van der Waals surface area contributed by atoms with Crippen LogP contribution in [-0.2, 0) is 4.74 Å². The minimum absolute atomic E-state index is 0.0179. The van der Waals surface area contributed by atoms with Gasteiger partial charge in [-0.3, -0.25) is 9.20 Å². The van der Waals surface area contributed by atoms with E-state index in [2.05, 4.69) is 9.88 Å². The molecule has 1 unspecified atom stereocenters. The molecular weight excluding hydrogens is 287 g/mol. The smallest absolute Gasteiger partial charge is 0.290 e. The third-order valence-electron chi connectivity index (χ3n) is 3.88. The molecule has 0 N–H and O–H groups in total. The van der Waals surface area contributed by atoms with Crippen molar-refractivity contribution in [3.05, 3.63) is 36.2 Å². The van der Waals surface area contributed by atoms with Gasteiger partial charge in [-0.15, -0.1) is 0 Å². The van der Waals surface area contributed by atoms with Gasteiger partial charge in [0.2, 0.25) is 5.82 Å². The van der Waals surface area contributed by atoms with Crippen LogP contribution in [0.15, 0.2) is 24.5 Å². The number of amides is 1. The fourth-order valence-electron chi connectivity index (χ4n) is 2.68. The lowest BCUT2D eigenvalue weighted by molar-refractivity contribution is -0.0302. The number of imidazole rings is 1. The zero-order chi connectivity index (χ0) is 15.7. The normalized spacial score (nSPS) is 19.5. The lowest BCUT2D eigenvalue weighted by Crippen LogP contribution is -2.46. The second-order valence-electron chi connectivity index (χ2n) is 5.63. The average molecular weight is 306 g/mol. The summed E-state index contributed by atoms with van der Waals surface area (Å²) < 4.78 is 20.8. The maximum atomic E-state index is 13.7. The van der Waals surface area contributed by atoms with Crippen molar-refractivity contribution in [2.24, 2.45) is 0 Å². The molecule has 0 spiro atoms. The summed E-state index contributed by atoms with van der Waals surface area (Å²) in [4.78, 5) is 20.3. The molecule has 2 aromatic heterocycles. The van der Waals surface area contributed by atoms with Crippen LogP contribution in [0.4, 0.5) is 4.39 Å². The Morgan fingerprint density at radius 3 is 3.18 bits per heavy atom. The number of aromatic nitrogens is 2. The van der Waals surface area contributed by atoms with Crippen molar-refractivity contribution >= 4 is 11.4 Å². The van der Waals surface area contributed by atoms with Gasteiger partial charge >= 0.3 is 0 Å². The van der Waals surface area contributed by atoms with E-state index in [1.54, 1.807) is 24.2 Å². The highest BCUT2D eigenvalue weighted by atomic mass is 19.1. The summed E-state index contributed by atoms with van der Waals surface area (Å²) in [6, 6.07) is 2.90. The number of nitrogens with zero attached hydrogens (tertiary/aromatic N) is 4. The molecule has 6 nitrogen and oxygen atoms in total. The maximum absolute atomic E-state index is 13.7. The number of fused-ring (bicyclic) bond motifs is 1. The number of rotatable bonds is 3. The van der Waals surface area contributed by atoms with E-state index in [0.29, 0.717) is 18.7 Å².